The highest BCUT2D eigenvalue weighted by atomic mass is 32.1. The van der Waals surface area contributed by atoms with Crippen molar-refractivity contribution in [2.45, 2.75) is 6.42 Å². The number of methoxy groups -OCH3 is 2. The van der Waals surface area contributed by atoms with Crippen molar-refractivity contribution in [3.05, 3.63) is 23.8 Å². The van der Waals surface area contributed by atoms with Gasteiger partial charge in [-0.3, -0.25) is 4.79 Å². The molecule has 0 saturated carbocycles. The van der Waals surface area contributed by atoms with Crippen molar-refractivity contribution < 1.29 is 14.3 Å². The Morgan fingerprint density at radius 1 is 1.45 bits per heavy atom. The number of hydrogen-bond donors (Lipinski definition) is 1. The number of ether oxygens (including phenoxy) is 2. The lowest BCUT2D eigenvalue weighted by molar-refractivity contribution is -0.144. The molecule has 1 aromatic rings. The Morgan fingerprint density at radius 2 is 2.20 bits per heavy atom. The summed E-state index contributed by atoms with van der Waals surface area (Å²) in [5, 5.41) is 0. The zero-order chi connectivity index (χ0) is 14.7. The van der Waals surface area contributed by atoms with E-state index in [-0.39, 0.29) is 11.9 Å². The molecule has 2 N–H and O–H groups in total. The molecular formula is C14H18N2O3S. The second-order valence-corrected chi connectivity index (χ2v) is 5.14. The summed E-state index contributed by atoms with van der Waals surface area (Å²) in [6.45, 7) is 1.37. The minimum atomic E-state index is -0.174. The molecule has 1 fully saturated rings. The van der Waals surface area contributed by atoms with Gasteiger partial charge in [0.05, 0.1) is 25.8 Å². The first-order valence-electron chi connectivity index (χ1n) is 6.37. The highest BCUT2D eigenvalue weighted by Gasteiger charge is 2.30. The first-order valence-corrected chi connectivity index (χ1v) is 6.78. The molecule has 0 spiro atoms. The lowest BCUT2D eigenvalue weighted by atomic mass is 10.1. The minimum Gasteiger partial charge on any atom is -0.497 e. The Kier molecular flexibility index (Phi) is 4.44. The molecule has 108 valence electrons. The normalized spacial score (nSPS) is 17.9. The number of thiocarbonyl (C=S) groups is 1. The molecule has 20 heavy (non-hydrogen) atoms. The molecule has 1 saturated heterocycles. The summed E-state index contributed by atoms with van der Waals surface area (Å²) in [5.41, 5.74) is 7.47. The molecule has 1 heterocycles. The smallest absolute Gasteiger partial charge is 0.310 e. The van der Waals surface area contributed by atoms with E-state index < -0.39 is 0 Å². The van der Waals surface area contributed by atoms with Gasteiger partial charge in [-0.15, -0.1) is 0 Å². The van der Waals surface area contributed by atoms with Crippen molar-refractivity contribution in [1.82, 2.24) is 0 Å². The fraction of sp³-hybridized carbons (Fsp3) is 0.429. The molecule has 1 aliphatic heterocycles. The Hall–Kier alpha value is -1.82. The number of hydrogen-bond acceptors (Lipinski definition) is 5. The summed E-state index contributed by atoms with van der Waals surface area (Å²) < 4.78 is 10.0. The van der Waals surface area contributed by atoms with E-state index in [1.165, 1.54) is 7.11 Å². The van der Waals surface area contributed by atoms with Gasteiger partial charge < -0.3 is 20.1 Å². The molecule has 1 aromatic carbocycles. The van der Waals surface area contributed by atoms with Crippen LogP contribution in [0.5, 0.6) is 5.75 Å². The highest BCUT2D eigenvalue weighted by molar-refractivity contribution is 7.80. The zero-order valence-electron chi connectivity index (χ0n) is 11.6. The first-order chi connectivity index (χ1) is 9.56. The van der Waals surface area contributed by atoms with Crippen molar-refractivity contribution >= 4 is 28.9 Å². The number of nitrogens with zero attached hydrogens (tertiary/aromatic N) is 1. The number of carbonyl (C=O) groups excluding carboxylic acids is 1. The van der Waals surface area contributed by atoms with Crippen molar-refractivity contribution in [2.75, 3.05) is 32.2 Å². The number of benzene rings is 1. The molecule has 0 bridgehead atoms. The van der Waals surface area contributed by atoms with Gasteiger partial charge in [-0.1, -0.05) is 12.2 Å². The maximum atomic E-state index is 11.6. The van der Waals surface area contributed by atoms with Gasteiger partial charge in [0.2, 0.25) is 0 Å². The predicted molar refractivity (Wildman–Crippen MR) is 81.2 cm³/mol. The van der Waals surface area contributed by atoms with E-state index in [9.17, 15) is 4.79 Å². The molecule has 1 aliphatic rings. The van der Waals surface area contributed by atoms with Crippen LogP contribution in [-0.2, 0) is 9.53 Å². The summed E-state index contributed by atoms with van der Waals surface area (Å²) in [4.78, 5) is 14.0. The Morgan fingerprint density at radius 3 is 2.80 bits per heavy atom. The molecule has 0 aliphatic carbocycles. The standard InChI is InChI=1S/C14H18N2O3S/c1-18-10-3-4-11(13(15)20)12(7-10)16-6-5-9(8-16)14(17)19-2/h3-4,7,9H,5-6,8H2,1-2H3,(H2,15,20). The Bertz CT molecular complexity index is 533. The van der Waals surface area contributed by atoms with Crippen LogP contribution in [0.4, 0.5) is 5.69 Å². The van der Waals surface area contributed by atoms with E-state index in [4.69, 9.17) is 27.4 Å². The Labute approximate surface area is 123 Å². The molecule has 5 nitrogen and oxygen atoms in total. The van der Waals surface area contributed by atoms with Crippen molar-refractivity contribution in [3.63, 3.8) is 0 Å². The molecule has 2 rings (SSSR count). The summed E-state index contributed by atoms with van der Waals surface area (Å²) in [7, 11) is 3.03. The van der Waals surface area contributed by atoms with Crippen LogP contribution in [0.1, 0.15) is 12.0 Å². The fourth-order valence-electron chi connectivity index (χ4n) is 2.45. The van der Waals surface area contributed by atoms with Gasteiger partial charge >= 0.3 is 5.97 Å². The van der Waals surface area contributed by atoms with Crippen LogP contribution in [0.15, 0.2) is 18.2 Å². The summed E-state index contributed by atoms with van der Waals surface area (Å²) in [6.07, 6.45) is 0.765. The quantitative estimate of drug-likeness (QED) is 0.667. The molecule has 0 amide bonds. The second-order valence-electron chi connectivity index (χ2n) is 4.70. The third-order valence-electron chi connectivity index (χ3n) is 3.53. The number of anilines is 1. The van der Waals surface area contributed by atoms with E-state index in [1.807, 2.05) is 18.2 Å². The Balaban J connectivity index is 2.28. The van der Waals surface area contributed by atoms with Crippen LogP contribution in [0.3, 0.4) is 0 Å². The monoisotopic (exact) mass is 294 g/mol. The van der Waals surface area contributed by atoms with Crippen LogP contribution < -0.4 is 15.4 Å². The molecule has 1 atom stereocenters. The van der Waals surface area contributed by atoms with Gasteiger partial charge in [0.25, 0.3) is 0 Å². The molecule has 6 heteroatoms. The second kappa shape index (κ2) is 6.09. The number of esters is 1. The van der Waals surface area contributed by atoms with Crippen molar-refractivity contribution in [3.8, 4) is 5.75 Å². The summed E-state index contributed by atoms with van der Waals surface area (Å²) in [6, 6.07) is 5.57. The summed E-state index contributed by atoms with van der Waals surface area (Å²) >= 11 is 5.09. The first kappa shape index (κ1) is 14.6. The summed E-state index contributed by atoms with van der Waals surface area (Å²) in [5.74, 6) is 0.458. The van der Waals surface area contributed by atoms with Gasteiger partial charge in [-0.25, -0.2) is 0 Å². The lowest BCUT2D eigenvalue weighted by Gasteiger charge is -2.22. The predicted octanol–water partition coefficient (Wildman–Crippen LogP) is 1.33. The van der Waals surface area contributed by atoms with Gasteiger partial charge in [0, 0.05) is 24.7 Å². The van der Waals surface area contributed by atoms with E-state index in [2.05, 4.69) is 4.90 Å². The minimum absolute atomic E-state index is 0.106. The van der Waals surface area contributed by atoms with Gasteiger partial charge in [-0.05, 0) is 18.6 Å². The largest absolute Gasteiger partial charge is 0.497 e. The number of carbonyl (C=O) groups is 1. The maximum Gasteiger partial charge on any atom is 0.310 e. The van der Waals surface area contributed by atoms with Crippen molar-refractivity contribution in [1.29, 1.82) is 0 Å². The zero-order valence-corrected chi connectivity index (χ0v) is 12.4. The SMILES string of the molecule is COC(=O)C1CCN(c2cc(OC)ccc2C(N)=S)C1. The molecular weight excluding hydrogens is 276 g/mol. The van der Waals surface area contributed by atoms with E-state index in [1.54, 1.807) is 7.11 Å². The molecule has 1 unspecified atom stereocenters. The highest BCUT2D eigenvalue weighted by Crippen LogP contribution is 2.31. The van der Waals surface area contributed by atoms with Crippen LogP contribution in [-0.4, -0.2) is 38.3 Å². The van der Waals surface area contributed by atoms with E-state index in [0.717, 1.165) is 30.0 Å². The van der Waals surface area contributed by atoms with Gasteiger partial charge in [-0.2, -0.15) is 0 Å². The average molecular weight is 294 g/mol. The van der Waals surface area contributed by atoms with Gasteiger partial charge in [0.15, 0.2) is 0 Å². The van der Waals surface area contributed by atoms with Gasteiger partial charge in [0.1, 0.15) is 10.7 Å². The molecule has 0 aromatic heterocycles. The van der Waals surface area contributed by atoms with Crippen LogP contribution in [0.25, 0.3) is 0 Å². The van der Waals surface area contributed by atoms with Crippen LogP contribution >= 0.6 is 12.2 Å². The average Bonchev–Trinajstić information content (AvgIpc) is 2.95. The third kappa shape index (κ3) is 2.85. The van der Waals surface area contributed by atoms with E-state index >= 15 is 0 Å². The fourth-order valence-corrected chi connectivity index (χ4v) is 2.62. The maximum absolute atomic E-state index is 11.6. The third-order valence-corrected chi connectivity index (χ3v) is 3.75. The van der Waals surface area contributed by atoms with E-state index in [0.29, 0.717) is 11.5 Å². The van der Waals surface area contributed by atoms with Crippen LogP contribution in [0, 0.1) is 5.92 Å². The number of rotatable bonds is 4. The topological polar surface area (TPSA) is 64.8 Å². The van der Waals surface area contributed by atoms with Crippen LogP contribution in [0.2, 0.25) is 0 Å². The number of nitrogens with two attached hydrogens (primary N) is 1. The molecule has 0 radical (unpaired) electrons. The lowest BCUT2D eigenvalue weighted by Crippen LogP contribution is -2.26. The van der Waals surface area contributed by atoms with Crippen molar-refractivity contribution in [2.24, 2.45) is 11.7 Å².